The highest BCUT2D eigenvalue weighted by Crippen LogP contribution is 1.97. The van der Waals surface area contributed by atoms with Crippen molar-refractivity contribution in [1.29, 1.82) is 0 Å². The van der Waals surface area contributed by atoms with E-state index in [0.717, 1.165) is 0 Å². The van der Waals surface area contributed by atoms with Crippen molar-refractivity contribution in [3.63, 3.8) is 0 Å². The molecule has 0 radical (unpaired) electrons. The molecule has 0 saturated heterocycles. The SMILES string of the molecule is CC(C)COC(=O)OC(O)CN=[N+]=[N-]. The van der Waals surface area contributed by atoms with Crippen molar-refractivity contribution < 1.29 is 19.4 Å². The summed E-state index contributed by atoms with van der Waals surface area (Å²) in [6.45, 7) is 3.62. The van der Waals surface area contributed by atoms with Crippen LogP contribution in [0.25, 0.3) is 10.4 Å². The van der Waals surface area contributed by atoms with Crippen LogP contribution in [0.4, 0.5) is 4.79 Å². The van der Waals surface area contributed by atoms with Crippen LogP contribution in [0.15, 0.2) is 5.11 Å². The second-order valence-corrected chi connectivity index (χ2v) is 2.94. The predicted octanol–water partition coefficient (Wildman–Crippen LogP) is 1.42. The number of aliphatic hydroxyl groups excluding tert-OH is 1. The number of rotatable bonds is 5. The van der Waals surface area contributed by atoms with Crippen LogP contribution in [0.2, 0.25) is 0 Å². The molecule has 0 bridgehead atoms. The Morgan fingerprint density at radius 2 is 2.29 bits per heavy atom. The number of ether oxygens (including phenoxy) is 2. The first-order chi connectivity index (χ1) is 6.56. The first-order valence-electron chi connectivity index (χ1n) is 4.08. The van der Waals surface area contributed by atoms with Crippen LogP contribution in [0, 0.1) is 5.92 Å². The molecule has 0 heterocycles. The van der Waals surface area contributed by atoms with Crippen LogP contribution in [0.5, 0.6) is 0 Å². The highest BCUT2D eigenvalue weighted by molar-refractivity contribution is 5.59. The highest BCUT2D eigenvalue weighted by Gasteiger charge is 2.11. The third-order valence-electron chi connectivity index (χ3n) is 1.07. The maximum atomic E-state index is 10.8. The maximum Gasteiger partial charge on any atom is 0.510 e. The molecule has 80 valence electrons. The zero-order chi connectivity index (χ0) is 11.0. The van der Waals surface area contributed by atoms with Gasteiger partial charge in [0.25, 0.3) is 0 Å². The Balaban J connectivity index is 3.65. The standard InChI is InChI=1S/C7H13N3O4/c1-5(2)4-13-7(12)14-6(11)3-9-10-8/h5-6,11H,3-4H2,1-2H3. The minimum Gasteiger partial charge on any atom is -0.434 e. The summed E-state index contributed by atoms with van der Waals surface area (Å²) in [5.41, 5.74) is 7.90. The van der Waals surface area contributed by atoms with Gasteiger partial charge in [-0.2, -0.15) is 0 Å². The maximum absolute atomic E-state index is 10.8. The van der Waals surface area contributed by atoms with Crippen LogP contribution in [-0.2, 0) is 9.47 Å². The third-order valence-corrected chi connectivity index (χ3v) is 1.07. The second kappa shape index (κ2) is 6.99. The van der Waals surface area contributed by atoms with Crippen molar-refractivity contribution in [1.82, 2.24) is 0 Å². The molecule has 0 aromatic rings. The molecule has 1 unspecified atom stereocenters. The van der Waals surface area contributed by atoms with Gasteiger partial charge in [-0.3, -0.25) is 0 Å². The Morgan fingerprint density at radius 3 is 2.79 bits per heavy atom. The molecule has 0 amide bonds. The fraction of sp³-hybridized carbons (Fsp3) is 0.857. The highest BCUT2D eigenvalue weighted by atomic mass is 16.8. The van der Waals surface area contributed by atoms with Gasteiger partial charge in [0.1, 0.15) is 0 Å². The summed E-state index contributed by atoms with van der Waals surface area (Å²) in [6, 6.07) is 0. The first-order valence-corrected chi connectivity index (χ1v) is 4.08. The lowest BCUT2D eigenvalue weighted by Gasteiger charge is -2.10. The Morgan fingerprint density at radius 1 is 1.64 bits per heavy atom. The van der Waals surface area contributed by atoms with Gasteiger partial charge in [-0.05, 0) is 11.4 Å². The van der Waals surface area contributed by atoms with E-state index in [0.29, 0.717) is 0 Å². The van der Waals surface area contributed by atoms with E-state index in [9.17, 15) is 4.79 Å². The quantitative estimate of drug-likeness (QED) is 0.240. The number of carbonyl (C=O) groups is 1. The zero-order valence-electron chi connectivity index (χ0n) is 8.08. The Labute approximate surface area is 81.2 Å². The van der Waals surface area contributed by atoms with Crippen molar-refractivity contribution in [3.8, 4) is 0 Å². The summed E-state index contributed by atoms with van der Waals surface area (Å²) >= 11 is 0. The Hall–Kier alpha value is -1.46. The molecule has 0 fully saturated rings. The third kappa shape index (κ3) is 7.20. The van der Waals surface area contributed by atoms with Crippen LogP contribution in [0.3, 0.4) is 0 Å². The number of hydrogen-bond donors (Lipinski definition) is 1. The largest absolute Gasteiger partial charge is 0.510 e. The molecule has 14 heavy (non-hydrogen) atoms. The number of carbonyl (C=O) groups excluding carboxylic acids is 1. The molecular weight excluding hydrogens is 190 g/mol. The smallest absolute Gasteiger partial charge is 0.434 e. The van der Waals surface area contributed by atoms with E-state index in [4.69, 9.17) is 10.6 Å². The molecule has 0 spiro atoms. The van der Waals surface area contributed by atoms with E-state index < -0.39 is 12.4 Å². The van der Waals surface area contributed by atoms with E-state index >= 15 is 0 Å². The van der Waals surface area contributed by atoms with Crippen molar-refractivity contribution >= 4 is 6.16 Å². The molecule has 1 atom stereocenters. The average Bonchev–Trinajstić information content (AvgIpc) is 2.11. The van der Waals surface area contributed by atoms with Gasteiger partial charge in [0, 0.05) is 4.91 Å². The van der Waals surface area contributed by atoms with E-state index in [1.165, 1.54) is 0 Å². The van der Waals surface area contributed by atoms with E-state index in [1.807, 2.05) is 13.8 Å². The molecule has 0 aromatic carbocycles. The minimum absolute atomic E-state index is 0.192. The van der Waals surface area contributed by atoms with Crippen molar-refractivity contribution in [2.45, 2.75) is 20.1 Å². The van der Waals surface area contributed by atoms with E-state index in [-0.39, 0.29) is 19.1 Å². The van der Waals surface area contributed by atoms with E-state index in [2.05, 4.69) is 19.5 Å². The number of hydrogen-bond acceptors (Lipinski definition) is 5. The second-order valence-electron chi connectivity index (χ2n) is 2.94. The Kier molecular flexibility index (Phi) is 6.26. The van der Waals surface area contributed by atoms with Crippen LogP contribution in [-0.4, -0.2) is 30.7 Å². The molecule has 7 heteroatoms. The summed E-state index contributed by atoms with van der Waals surface area (Å²) in [7, 11) is 0. The Bertz CT molecular complexity index is 225. The molecule has 0 saturated carbocycles. The van der Waals surface area contributed by atoms with Gasteiger partial charge >= 0.3 is 6.16 Å². The predicted molar refractivity (Wildman–Crippen MR) is 47.3 cm³/mol. The van der Waals surface area contributed by atoms with Gasteiger partial charge in [-0.25, -0.2) is 4.79 Å². The lowest BCUT2D eigenvalue weighted by atomic mass is 10.2. The molecule has 0 aromatic heterocycles. The summed E-state index contributed by atoms with van der Waals surface area (Å²) in [5, 5.41) is 11.9. The lowest BCUT2D eigenvalue weighted by molar-refractivity contribution is -0.0753. The van der Waals surface area contributed by atoms with Crippen LogP contribution < -0.4 is 0 Å². The molecule has 1 N–H and O–H groups in total. The normalized spacial score (nSPS) is 11.7. The monoisotopic (exact) mass is 203 g/mol. The van der Waals surface area contributed by atoms with Crippen molar-refractivity contribution in [2.75, 3.05) is 13.2 Å². The van der Waals surface area contributed by atoms with Gasteiger partial charge in [-0.15, -0.1) is 0 Å². The molecule has 0 rings (SSSR count). The van der Waals surface area contributed by atoms with Gasteiger partial charge in [0.05, 0.1) is 13.2 Å². The lowest BCUT2D eigenvalue weighted by Crippen LogP contribution is -2.22. The number of nitrogens with zero attached hydrogens (tertiary/aromatic N) is 3. The van der Waals surface area contributed by atoms with Crippen molar-refractivity contribution in [3.05, 3.63) is 10.4 Å². The fourth-order valence-electron chi connectivity index (χ4n) is 0.523. The van der Waals surface area contributed by atoms with Gasteiger partial charge < -0.3 is 14.6 Å². The van der Waals surface area contributed by atoms with Crippen molar-refractivity contribution in [2.24, 2.45) is 11.0 Å². The minimum atomic E-state index is -1.45. The summed E-state index contributed by atoms with van der Waals surface area (Å²) in [4.78, 5) is 13.2. The van der Waals surface area contributed by atoms with E-state index in [1.54, 1.807) is 0 Å². The first kappa shape index (κ1) is 12.5. The summed E-state index contributed by atoms with van der Waals surface area (Å²) < 4.78 is 8.93. The topological polar surface area (TPSA) is 105 Å². The number of aliphatic hydroxyl groups is 1. The fourth-order valence-corrected chi connectivity index (χ4v) is 0.523. The molecule has 7 nitrogen and oxygen atoms in total. The summed E-state index contributed by atoms with van der Waals surface area (Å²) in [6.07, 6.45) is -2.43. The number of azide groups is 1. The molecule has 0 aliphatic rings. The average molecular weight is 203 g/mol. The van der Waals surface area contributed by atoms with Crippen LogP contribution >= 0.6 is 0 Å². The molecular formula is C7H13N3O4. The van der Waals surface area contributed by atoms with Crippen LogP contribution in [0.1, 0.15) is 13.8 Å². The van der Waals surface area contributed by atoms with Gasteiger partial charge in [0.15, 0.2) is 0 Å². The molecule has 0 aliphatic heterocycles. The van der Waals surface area contributed by atoms with Gasteiger partial charge in [-0.1, -0.05) is 19.0 Å². The zero-order valence-corrected chi connectivity index (χ0v) is 8.08. The molecule has 0 aliphatic carbocycles. The summed E-state index contributed by atoms with van der Waals surface area (Å²) in [5.74, 6) is 0.192. The van der Waals surface area contributed by atoms with Gasteiger partial charge in [0.2, 0.25) is 6.29 Å².